The predicted molar refractivity (Wildman–Crippen MR) is 215 cm³/mol. The molecule has 0 amide bonds. The fraction of sp³-hybridized carbons (Fsp3) is 0.261. The standard InChI is InChI=1S/C29H26NO.C17H22NSi.Ir/c1-18(2)15-21-13-14-30-26(16-21)22-11-12-27-25(17-22)23-9-6-10-24(29(23)31-27)28-19(3)7-5-8-20(28)4;1-13(2)15-11-16(14-9-7-6-8-10-14)18-12-17(15)19(3,4)5;/h5-10,12-14,16-18H,15H2,1-4H3;6-9,11-13H,1-5H3;/q2*-1;. The van der Waals surface area contributed by atoms with Gasteiger partial charge in [0.15, 0.2) is 0 Å². The van der Waals surface area contributed by atoms with Crippen LogP contribution in [0.1, 0.15) is 55.9 Å². The van der Waals surface area contributed by atoms with E-state index in [9.17, 15) is 0 Å². The van der Waals surface area contributed by atoms with Gasteiger partial charge in [-0.05, 0) is 71.4 Å². The van der Waals surface area contributed by atoms with Crippen molar-refractivity contribution in [3.8, 4) is 33.6 Å². The van der Waals surface area contributed by atoms with E-state index in [1.54, 1.807) is 0 Å². The van der Waals surface area contributed by atoms with Gasteiger partial charge in [-0.3, -0.25) is 0 Å². The van der Waals surface area contributed by atoms with Crippen LogP contribution in [0.3, 0.4) is 0 Å². The molecule has 4 aromatic carbocycles. The van der Waals surface area contributed by atoms with Crippen molar-refractivity contribution >= 4 is 35.2 Å². The molecule has 7 rings (SSSR count). The first kappa shape index (κ1) is 38.1. The Morgan fingerprint density at radius 2 is 1.47 bits per heavy atom. The van der Waals surface area contributed by atoms with Gasteiger partial charge in [0.05, 0.1) is 13.7 Å². The second-order valence-electron chi connectivity index (χ2n) is 15.2. The molecule has 0 aliphatic rings. The Kier molecular flexibility index (Phi) is 12.0. The summed E-state index contributed by atoms with van der Waals surface area (Å²) >= 11 is 0. The summed E-state index contributed by atoms with van der Waals surface area (Å²) in [6, 6.07) is 38.2. The smallest absolute Gasteiger partial charge is 0.128 e. The van der Waals surface area contributed by atoms with Gasteiger partial charge in [0.1, 0.15) is 5.58 Å². The van der Waals surface area contributed by atoms with Crippen LogP contribution in [0.4, 0.5) is 0 Å². The average Bonchev–Trinajstić information content (AvgIpc) is 3.47. The Balaban J connectivity index is 0.000000218. The molecule has 0 aliphatic carbocycles. The summed E-state index contributed by atoms with van der Waals surface area (Å²) in [5, 5.41) is 3.71. The monoisotopic (exact) mass is 865 g/mol. The summed E-state index contributed by atoms with van der Waals surface area (Å²) in [6.45, 7) is 20.5. The Morgan fingerprint density at radius 1 is 0.745 bits per heavy atom. The summed E-state index contributed by atoms with van der Waals surface area (Å²) in [6.07, 6.45) is 5.04. The second kappa shape index (κ2) is 16.0. The van der Waals surface area contributed by atoms with Crippen LogP contribution in [-0.4, -0.2) is 18.0 Å². The van der Waals surface area contributed by atoms with E-state index in [0.717, 1.165) is 56.4 Å². The van der Waals surface area contributed by atoms with E-state index in [1.807, 2.05) is 30.5 Å². The summed E-state index contributed by atoms with van der Waals surface area (Å²) < 4.78 is 6.36. The molecule has 0 spiro atoms. The molecule has 5 heteroatoms. The first-order valence-electron chi connectivity index (χ1n) is 17.8. The first-order valence-corrected chi connectivity index (χ1v) is 21.3. The van der Waals surface area contributed by atoms with Gasteiger partial charge in [-0.1, -0.05) is 112 Å². The third-order valence-corrected chi connectivity index (χ3v) is 11.3. The van der Waals surface area contributed by atoms with Crippen molar-refractivity contribution in [1.29, 1.82) is 0 Å². The number of aromatic nitrogens is 2. The van der Waals surface area contributed by atoms with E-state index in [1.165, 1.54) is 33.0 Å². The van der Waals surface area contributed by atoms with E-state index in [2.05, 4.69) is 156 Å². The van der Waals surface area contributed by atoms with Crippen molar-refractivity contribution in [1.82, 2.24) is 9.97 Å². The molecule has 0 bridgehead atoms. The zero-order valence-electron chi connectivity index (χ0n) is 31.3. The van der Waals surface area contributed by atoms with Crippen molar-refractivity contribution in [2.45, 2.75) is 73.5 Å². The van der Waals surface area contributed by atoms with Gasteiger partial charge in [-0.25, -0.2) is 0 Å². The normalized spacial score (nSPS) is 11.5. The zero-order valence-corrected chi connectivity index (χ0v) is 34.7. The number of hydrogen-bond donors (Lipinski definition) is 0. The quantitative estimate of drug-likeness (QED) is 0.118. The molecule has 7 aromatic rings. The van der Waals surface area contributed by atoms with Crippen molar-refractivity contribution in [2.24, 2.45) is 5.92 Å². The maximum atomic E-state index is 6.36. The molecule has 3 aromatic heterocycles. The fourth-order valence-corrected chi connectivity index (χ4v) is 8.50. The number of para-hydroxylation sites is 1. The maximum Gasteiger partial charge on any atom is 0.128 e. The van der Waals surface area contributed by atoms with Crippen LogP contribution >= 0.6 is 0 Å². The molecule has 1 radical (unpaired) electrons. The van der Waals surface area contributed by atoms with E-state index < -0.39 is 8.07 Å². The minimum atomic E-state index is -1.34. The minimum Gasteiger partial charge on any atom is -0.500 e. The van der Waals surface area contributed by atoms with Crippen molar-refractivity contribution in [3.05, 3.63) is 138 Å². The number of pyridine rings is 2. The largest absolute Gasteiger partial charge is 0.500 e. The van der Waals surface area contributed by atoms with Crippen molar-refractivity contribution in [3.63, 3.8) is 0 Å². The molecule has 0 saturated carbocycles. The van der Waals surface area contributed by atoms with Gasteiger partial charge < -0.3 is 14.4 Å². The van der Waals surface area contributed by atoms with Gasteiger partial charge in [-0.15, -0.1) is 59.7 Å². The van der Waals surface area contributed by atoms with Crippen LogP contribution in [0, 0.1) is 31.9 Å². The van der Waals surface area contributed by atoms with E-state index >= 15 is 0 Å². The summed E-state index contributed by atoms with van der Waals surface area (Å²) in [4.78, 5) is 9.28. The average molecular weight is 865 g/mol. The molecule has 0 aliphatic heterocycles. The third-order valence-electron chi connectivity index (χ3n) is 9.28. The molecule has 3 heterocycles. The first-order chi connectivity index (χ1) is 23.9. The molecule has 0 saturated heterocycles. The van der Waals surface area contributed by atoms with E-state index in [0.29, 0.717) is 11.8 Å². The molecule has 0 N–H and O–H groups in total. The Morgan fingerprint density at radius 3 is 2.14 bits per heavy atom. The van der Waals surface area contributed by atoms with Gasteiger partial charge in [0, 0.05) is 43.4 Å². The molecule has 3 nitrogen and oxygen atoms in total. The van der Waals surface area contributed by atoms with Gasteiger partial charge in [0.25, 0.3) is 0 Å². The van der Waals surface area contributed by atoms with Crippen LogP contribution in [0.2, 0.25) is 19.6 Å². The zero-order chi connectivity index (χ0) is 35.6. The van der Waals surface area contributed by atoms with Crippen LogP contribution in [-0.2, 0) is 26.5 Å². The topological polar surface area (TPSA) is 38.9 Å². The number of rotatable bonds is 7. The summed E-state index contributed by atoms with van der Waals surface area (Å²) in [5.74, 6) is 1.15. The molecular weight excluding hydrogens is 817 g/mol. The Hall–Kier alpha value is -4.15. The maximum absolute atomic E-state index is 6.36. The van der Waals surface area contributed by atoms with Crippen molar-refractivity contribution in [2.75, 3.05) is 0 Å². The molecule has 0 fully saturated rings. The number of hydrogen-bond acceptors (Lipinski definition) is 3. The second-order valence-corrected chi connectivity index (χ2v) is 20.2. The fourth-order valence-electron chi connectivity index (χ4n) is 6.82. The summed E-state index contributed by atoms with van der Waals surface area (Å²) in [5.41, 5.74) is 13.5. The summed E-state index contributed by atoms with van der Waals surface area (Å²) in [7, 11) is -1.34. The molecule has 263 valence electrons. The Labute approximate surface area is 319 Å². The SMILES string of the molecule is CC(C)c1cc(-c2[c-]cccc2)ncc1[Si](C)(C)C.Cc1cccc(C)c1-c1cccc2c1oc1c[c-]c(-c3cc(CC(C)C)ccn3)cc12.[Ir]. The van der Waals surface area contributed by atoms with Gasteiger partial charge in [0.2, 0.25) is 0 Å². The molecule has 0 atom stereocenters. The van der Waals surface area contributed by atoms with Crippen molar-refractivity contribution < 1.29 is 24.5 Å². The van der Waals surface area contributed by atoms with Crippen LogP contribution in [0.25, 0.3) is 55.6 Å². The Bertz CT molecular complexity index is 2240. The van der Waals surface area contributed by atoms with E-state index in [-0.39, 0.29) is 20.1 Å². The number of fused-ring (bicyclic) bond motifs is 3. The van der Waals surface area contributed by atoms with Crippen LogP contribution in [0.15, 0.2) is 108 Å². The molecular formula is C46H48IrN2OSi-2. The number of nitrogens with zero attached hydrogens (tertiary/aromatic N) is 2. The molecule has 0 unspecified atom stereocenters. The number of furan rings is 1. The van der Waals surface area contributed by atoms with Crippen LogP contribution < -0.4 is 5.19 Å². The predicted octanol–water partition coefficient (Wildman–Crippen LogP) is 12.1. The number of aryl methyl sites for hydroxylation is 2. The minimum absolute atomic E-state index is 0. The van der Waals surface area contributed by atoms with Gasteiger partial charge >= 0.3 is 0 Å². The van der Waals surface area contributed by atoms with E-state index in [4.69, 9.17) is 4.42 Å². The van der Waals surface area contributed by atoms with Crippen LogP contribution in [0.5, 0.6) is 0 Å². The molecule has 51 heavy (non-hydrogen) atoms. The van der Waals surface area contributed by atoms with Gasteiger partial charge in [-0.2, -0.15) is 0 Å². The number of benzene rings is 4. The third kappa shape index (κ3) is 8.50.